The van der Waals surface area contributed by atoms with Crippen LogP contribution in [0, 0.1) is 11.7 Å². The number of benzene rings is 1. The van der Waals surface area contributed by atoms with E-state index in [0.717, 1.165) is 0 Å². The molecule has 0 spiro atoms. The SMILES string of the molecule is CCOC(=O)C(C(=O)OCC)=C(c1cccc(F)c1)C(C)C. The van der Waals surface area contributed by atoms with Gasteiger partial charge < -0.3 is 9.47 Å². The number of hydrogen-bond donors (Lipinski definition) is 0. The van der Waals surface area contributed by atoms with Crippen LogP contribution in [0.4, 0.5) is 4.39 Å². The first-order chi connectivity index (χ1) is 10.4. The molecule has 0 unspecified atom stereocenters. The summed E-state index contributed by atoms with van der Waals surface area (Å²) in [5.41, 5.74) is 0.701. The normalized spacial score (nSPS) is 10.3. The first-order valence-corrected chi connectivity index (χ1v) is 7.26. The van der Waals surface area contributed by atoms with Crippen molar-refractivity contribution >= 4 is 17.5 Å². The quantitative estimate of drug-likeness (QED) is 0.350. The maximum absolute atomic E-state index is 13.5. The summed E-state index contributed by atoms with van der Waals surface area (Å²) in [6.07, 6.45) is 0. The zero-order valence-electron chi connectivity index (χ0n) is 13.3. The number of carbonyl (C=O) groups is 2. The van der Waals surface area contributed by atoms with Crippen molar-refractivity contribution in [1.82, 2.24) is 0 Å². The Morgan fingerprint density at radius 3 is 2.05 bits per heavy atom. The van der Waals surface area contributed by atoms with Gasteiger partial charge in [0.15, 0.2) is 0 Å². The van der Waals surface area contributed by atoms with Crippen LogP contribution in [0.25, 0.3) is 5.57 Å². The van der Waals surface area contributed by atoms with Crippen LogP contribution in [-0.4, -0.2) is 25.2 Å². The molecule has 22 heavy (non-hydrogen) atoms. The van der Waals surface area contributed by atoms with E-state index in [1.54, 1.807) is 19.9 Å². The number of ether oxygens (including phenoxy) is 2. The van der Waals surface area contributed by atoms with Gasteiger partial charge in [0, 0.05) is 0 Å². The highest BCUT2D eigenvalue weighted by Gasteiger charge is 2.28. The number of hydrogen-bond acceptors (Lipinski definition) is 4. The smallest absolute Gasteiger partial charge is 0.345 e. The summed E-state index contributed by atoms with van der Waals surface area (Å²) in [7, 11) is 0. The van der Waals surface area contributed by atoms with Crippen LogP contribution < -0.4 is 0 Å². The van der Waals surface area contributed by atoms with Crippen molar-refractivity contribution in [3.63, 3.8) is 0 Å². The summed E-state index contributed by atoms with van der Waals surface area (Å²) in [5.74, 6) is -2.14. The molecule has 0 aromatic heterocycles. The molecule has 0 saturated heterocycles. The predicted molar refractivity (Wildman–Crippen MR) is 81.4 cm³/mol. The van der Waals surface area contributed by atoms with Gasteiger partial charge in [-0.2, -0.15) is 0 Å². The molecule has 0 aliphatic carbocycles. The van der Waals surface area contributed by atoms with E-state index in [-0.39, 0.29) is 24.7 Å². The van der Waals surface area contributed by atoms with Gasteiger partial charge in [-0.3, -0.25) is 0 Å². The summed E-state index contributed by atoms with van der Waals surface area (Å²) in [6.45, 7) is 7.21. The number of allylic oxidation sites excluding steroid dienone is 1. The Bertz CT molecular complexity index is 556. The highest BCUT2D eigenvalue weighted by atomic mass is 19.1. The number of rotatable bonds is 6. The molecule has 4 nitrogen and oxygen atoms in total. The molecule has 120 valence electrons. The summed E-state index contributed by atoms with van der Waals surface area (Å²) in [6, 6.07) is 5.77. The number of halogens is 1. The Morgan fingerprint density at radius 1 is 1.09 bits per heavy atom. The molecule has 1 aromatic carbocycles. The summed E-state index contributed by atoms with van der Waals surface area (Å²) in [5, 5.41) is 0. The largest absolute Gasteiger partial charge is 0.462 e. The molecule has 0 radical (unpaired) electrons. The Kier molecular flexibility index (Phi) is 6.76. The fraction of sp³-hybridized carbons (Fsp3) is 0.412. The zero-order chi connectivity index (χ0) is 16.7. The Labute approximate surface area is 129 Å². The maximum Gasteiger partial charge on any atom is 0.345 e. The molecule has 0 bridgehead atoms. The Hall–Kier alpha value is -2.17. The van der Waals surface area contributed by atoms with Crippen molar-refractivity contribution in [2.75, 3.05) is 13.2 Å². The van der Waals surface area contributed by atoms with Crippen LogP contribution >= 0.6 is 0 Å². The molecule has 0 aliphatic rings. The van der Waals surface area contributed by atoms with E-state index in [1.807, 2.05) is 13.8 Å². The highest BCUT2D eigenvalue weighted by molar-refractivity contribution is 6.20. The van der Waals surface area contributed by atoms with Crippen molar-refractivity contribution < 1.29 is 23.5 Å². The number of carbonyl (C=O) groups excluding carboxylic acids is 2. The monoisotopic (exact) mass is 308 g/mol. The van der Waals surface area contributed by atoms with Crippen LogP contribution in [0.5, 0.6) is 0 Å². The van der Waals surface area contributed by atoms with E-state index in [1.165, 1.54) is 18.2 Å². The summed E-state index contributed by atoms with van der Waals surface area (Å²) < 4.78 is 23.4. The van der Waals surface area contributed by atoms with Gasteiger partial charge in [0.1, 0.15) is 11.4 Å². The van der Waals surface area contributed by atoms with E-state index in [4.69, 9.17) is 9.47 Å². The second-order valence-electron chi connectivity index (χ2n) is 4.89. The molecule has 0 aliphatic heterocycles. The lowest BCUT2D eigenvalue weighted by molar-refractivity contribution is -0.146. The van der Waals surface area contributed by atoms with E-state index in [9.17, 15) is 14.0 Å². The first kappa shape index (κ1) is 17.9. The van der Waals surface area contributed by atoms with Gasteiger partial charge >= 0.3 is 11.9 Å². The van der Waals surface area contributed by atoms with E-state index in [2.05, 4.69) is 0 Å². The minimum absolute atomic E-state index is 0.135. The van der Waals surface area contributed by atoms with Gasteiger partial charge in [0.25, 0.3) is 0 Å². The van der Waals surface area contributed by atoms with Crippen LogP contribution in [-0.2, 0) is 19.1 Å². The van der Waals surface area contributed by atoms with Gasteiger partial charge in [-0.15, -0.1) is 0 Å². The van der Waals surface area contributed by atoms with Gasteiger partial charge in [-0.1, -0.05) is 26.0 Å². The van der Waals surface area contributed by atoms with Gasteiger partial charge in [-0.05, 0) is 43.0 Å². The lowest BCUT2D eigenvalue weighted by Gasteiger charge is -2.17. The van der Waals surface area contributed by atoms with E-state index < -0.39 is 17.8 Å². The molecule has 1 aromatic rings. The Morgan fingerprint density at radius 2 is 1.64 bits per heavy atom. The van der Waals surface area contributed by atoms with Crippen molar-refractivity contribution in [2.45, 2.75) is 27.7 Å². The molecule has 0 atom stereocenters. The van der Waals surface area contributed by atoms with Gasteiger partial charge in [0.2, 0.25) is 0 Å². The van der Waals surface area contributed by atoms with Crippen LogP contribution in [0.1, 0.15) is 33.3 Å². The van der Waals surface area contributed by atoms with Gasteiger partial charge in [-0.25, -0.2) is 14.0 Å². The zero-order valence-corrected chi connectivity index (χ0v) is 13.3. The van der Waals surface area contributed by atoms with Crippen LogP contribution in [0.2, 0.25) is 0 Å². The van der Waals surface area contributed by atoms with Gasteiger partial charge in [0.05, 0.1) is 13.2 Å². The van der Waals surface area contributed by atoms with Crippen LogP contribution in [0.15, 0.2) is 29.8 Å². The van der Waals surface area contributed by atoms with Crippen molar-refractivity contribution in [3.05, 3.63) is 41.2 Å². The molecule has 5 heteroatoms. The maximum atomic E-state index is 13.5. The predicted octanol–water partition coefficient (Wildman–Crippen LogP) is 3.36. The topological polar surface area (TPSA) is 52.6 Å². The second-order valence-corrected chi connectivity index (χ2v) is 4.89. The average molecular weight is 308 g/mol. The third-order valence-electron chi connectivity index (χ3n) is 2.94. The summed E-state index contributed by atoms with van der Waals surface area (Å²) >= 11 is 0. The van der Waals surface area contributed by atoms with Crippen molar-refractivity contribution in [3.8, 4) is 0 Å². The molecular formula is C17H21FO4. The third kappa shape index (κ3) is 4.41. The summed E-state index contributed by atoms with van der Waals surface area (Å²) in [4.78, 5) is 24.4. The minimum Gasteiger partial charge on any atom is -0.462 e. The Balaban J connectivity index is 3.52. The lowest BCUT2D eigenvalue weighted by Crippen LogP contribution is -2.21. The van der Waals surface area contributed by atoms with E-state index >= 15 is 0 Å². The lowest BCUT2D eigenvalue weighted by atomic mass is 9.90. The molecule has 1 rings (SSSR count). The standard InChI is InChI=1S/C17H21FO4/c1-5-21-16(19)15(17(20)22-6-2)14(11(3)4)12-8-7-9-13(18)10-12/h7-11H,5-6H2,1-4H3. The molecule has 0 amide bonds. The fourth-order valence-electron chi connectivity index (χ4n) is 2.13. The highest BCUT2D eigenvalue weighted by Crippen LogP contribution is 2.29. The second kappa shape index (κ2) is 8.32. The minimum atomic E-state index is -0.756. The average Bonchev–Trinajstić information content (AvgIpc) is 2.44. The first-order valence-electron chi connectivity index (χ1n) is 7.26. The molecule has 0 fully saturated rings. The van der Waals surface area contributed by atoms with Crippen molar-refractivity contribution in [2.24, 2.45) is 5.92 Å². The molecular weight excluding hydrogens is 287 g/mol. The molecule has 0 N–H and O–H groups in total. The van der Waals surface area contributed by atoms with Crippen LogP contribution in [0.3, 0.4) is 0 Å². The van der Waals surface area contributed by atoms with Crippen molar-refractivity contribution in [1.29, 1.82) is 0 Å². The van der Waals surface area contributed by atoms with E-state index in [0.29, 0.717) is 11.1 Å². The third-order valence-corrected chi connectivity index (χ3v) is 2.94. The molecule has 0 heterocycles. The molecule has 0 saturated carbocycles. The number of esters is 2. The fourth-order valence-corrected chi connectivity index (χ4v) is 2.13.